The summed E-state index contributed by atoms with van der Waals surface area (Å²) in [5.41, 5.74) is 7.23. The number of fused-ring (bicyclic) bond motifs is 5. The van der Waals surface area contributed by atoms with Crippen LogP contribution in [-0.4, -0.2) is 18.5 Å². The third-order valence-corrected chi connectivity index (χ3v) is 5.11. The zero-order valence-electron chi connectivity index (χ0n) is 12.3. The smallest absolute Gasteiger partial charge is 0.0353 e. The number of piperidine rings is 1. The highest BCUT2D eigenvalue weighted by atomic mass is 15.1. The SMILES string of the molecule is Cc1cccc(-c2ccc3c(c2)[C@H]2C[C@H]3CCN2C)c1. The lowest BCUT2D eigenvalue weighted by molar-refractivity contribution is 0.192. The van der Waals surface area contributed by atoms with Gasteiger partial charge in [0.05, 0.1) is 0 Å². The van der Waals surface area contributed by atoms with Gasteiger partial charge in [0.1, 0.15) is 0 Å². The third kappa shape index (κ3) is 1.81. The summed E-state index contributed by atoms with van der Waals surface area (Å²) in [5, 5.41) is 0. The van der Waals surface area contributed by atoms with Gasteiger partial charge in [-0.15, -0.1) is 0 Å². The lowest BCUT2D eigenvalue weighted by Gasteiger charge is -2.29. The fraction of sp³-hybridized carbons (Fsp3) is 0.368. The summed E-state index contributed by atoms with van der Waals surface area (Å²) in [6.07, 6.45) is 2.65. The van der Waals surface area contributed by atoms with Gasteiger partial charge in [-0.05, 0) is 67.6 Å². The molecule has 0 radical (unpaired) electrons. The Balaban J connectivity index is 1.81. The average molecular weight is 263 g/mol. The van der Waals surface area contributed by atoms with E-state index in [0.29, 0.717) is 6.04 Å². The van der Waals surface area contributed by atoms with Crippen molar-refractivity contribution in [3.05, 3.63) is 59.2 Å². The van der Waals surface area contributed by atoms with Gasteiger partial charge in [0, 0.05) is 6.04 Å². The molecule has 102 valence electrons. The molecule has 0 spiro atoms. The van der Waals surface area contributed by atoms with E-state index >= 15 is 0 Å². The minimum absolute atomic E-state index is 0.647. The second-order valence-electron chi connectivity index (χ2n) is 6.43. The molecule has 20 heavy (non-hydrogen) atoms. The van der Waals surface area contributed by atoms with Crippen LogP contribution in [0.25, 0.3) is 11.1 Å². The van der Waals surface area contributed by atoms with E-state index in [1.54, 1.807) is 11.1 Å². The molecule has 2 atom stereocenters. The number of aryl methyl sites for hydroxylation is 1. The fourth-order valence-corrected chi connectivity index (χ4v) is 3.97. The van der Waals surface area contributed by atoms with Crippen LogP contribution >= 0.6 is 0 Å². The van der Waals surface area contributed by atoms with E-state index in [9.17, 15) is 0 Å². The van der Waals surface area contributed by atoms with Crippen LogP contribution in [-0.2, 0) is 0 Å². The van der Waals surface area contributed by atoms with E-state index in [2.05, 4.69) is 61.3 Å². The van der Waals surface area contributed by atoms with Crippen LogP contribution in [0.2, 0.25) is 0 Å². The molecule has 4 rings (SSSR count). The molecule has 0 amide bonds. The van der Waals surface area contributed by atoms with Crippen LogP contribution in [0.3, 0.4) is 0 Å². The summed E-state index contributed by atoms with van der Waals surface area (Å²) in [5.74, 6) is 0.803. The molecule has 0 N–H and O–H groups in total. The molecule has 1 saturated heterocycles. The summed E-state index contributed by atoms with van der Waals surface area (Å²) in [4.78, 5) is 2.53. The zero-order chi connectivity index (χ0) is 13.7. The predicted molar refractivity (Wildman–Crippen MR) is 84.0 cm³/mol. The van der Waals surface area contributed by atoms with E-state index in [4.69, 9.17) is 0 Å². The standard InChI is InChI=1S/C19H21N/c1-13-4-3-5-14(10-13)15-6-7-17-16-8-9-20(2)19(12-16)18(17)11-15/h3-7,10-11,16,19H,8-9,12H2,1-2H3/t16-,19-/m1/s1. The summed E-state index contributed by atoms with van der Waals surface area (Å²) in [6.45, 7) is 3.40. The van der Waals surface area contributed by atoms with Crippen molar-refractivity contribution in [2.45, 2.75) is 31.7 Å². The zero-order valence-corrected chi connectivity index (χ0v) is 12.3. The second kappa shape index (κ2) is 4.46. The van der Waals surface area contributed by atoms with Crippen molar-refractivity contribution >= 4 is 0 Å². The molecule has 0 unspecified atom stereocenters. The van der Waals surface area contributed by atoms with Crippen molar-refractivity contribution in [3.8, 4) is 11.1 Å². The first-order chi connectivity index (χ1) is 9.72. The molecule has 1 aliphatic heterocycles. The van der Waals surface area contributed by atoms with Crippen molar-refractivity contribution in [1.82, 2.24) is 4.90 Å². The first-order valence-electron chi connectivity index (χ1n) is 7.63. The highest BCUT2D eigenvalue weighted by Crippen LogP contribution is 2.49. The molecule has 1 heteroatoms. The Bertz CT molecular complexity index is 659. The largest absolute Gasteiger partial charge is 0.299 e. The average Bonchev–Trinajstić information content (AvgIpc) is 2.77. The van der Waals surface area contributed by atoms with E-state index in [1.807, 2.05) is 0 Å². The van der Waals surface area contributed by atoms with E-state index in [-0.39, 0.29) is 0 Å². The fourth-order valence-electron chi connectivity index (χ4n) is 3.97. The predicted octanol–water partition coefficient (Wildman–Crippen LogP) is 4.53. The minimum atomic E-state index is 0.647. The highest BCUT2D eigenvalue weighted by molar-refractivity contribution is 5.66. The van der Waals surface area contributed by atoms with Crippen molar-refractivity contribution in [2.75, 3.05) is 13.6 Å². The Labute approximate surface area is 121 Å². The van der Waals surface area contributed by atoms with Crippen LogP contribution < -0.4 is 0 Å². The Morgan fingerprint density at radius 3 is 2.70 bits per heavy atom. The van der Waals surface area contributed by atoms with E-state index < -0.39 is 0 Å². The number of hydrogen-bond donors (Lipinski definition) is 0. The van der Waals surface area contributed by atoms with Gasteiger partial charge in [0.15, 0.2) is 0 Å². The monoisotopic (exact) mass is 263 g/mol. The number of hydrogen-bond acceptors (Lipinski definition) is 1. The van der Waals surface area contributed by atoms with Gasteiger partial charge in [0.25, 0.3) is 0 Å². The van der Waals surface area contributed by atoms with Crippen LogP contribution in [0.4, 0.5) is 0 Å². The molecule has 1 aliphatic carbocycles. The Morgan fingerprint density at radius 2 is 1.85 bits per heavy atom. The van der Waals surface area contributed by atoms with E-state index in [0.717, 1.165) is 5.92 Å². The van der Waals surface area contributed by atoms with Gasteiger partial charge < -0.3 is 0 Å². The maximum Gasteiger partial charge on any atom is 0.0353 e. The maximum atomic E-state index is 2.53. The molecule has 0 aromatic heterocycles. The number of benzene rings is 2. The van der Waals surface area contributed by atoms with Crippen LogP contribution in [0, 0.1) is 6.92 Å². The first-order valence-corrected chi connectivity index (χ1v) is 7.63. The maximum absolute atomic E-state index is 2.53. The molecular formula is C19H21N. The van der Waals surface area contributed by atoms with Gasteiger partial charge in [-0.25, -0.2) is 0 Å². The van der Waals surface area contributed by atoms with Gasteiger partial charge >= 0.3 is 0 Å². The van der Waals surface area contributed by atoms with Crippen LogP contribution in [0.1, 0.15) is 41.5 Å². The van der Waals surface area contributed by atoms with E-state index in [1.165, 1.54) is 36.1 Å². The highest BCUT2D eigenvalue weighted by Gasteiger charge is 2.37. The summed E-state index contributed by atoms with van der Waals surface area (Å²) in [7, 11) is 2.27. The van der Waals surface area contributed by atoms with Crippen LogP contribution in [0.15, 0.2) is 42.5 Å². The van der Waals surface area contributed by atoms with Gasteiger partial charge in [-0.1, -0.05) is 42.0 Å². The molecule has 2 aromatic rings. The van der Waals surface area contributed by atoms with Crippen molar-refractivity contribution in [1.29, 1.82) is 0 Å². The molecule has 1 fully saturated rings. The van der Waals surface area contributed by atoms with Gasteiger partial charge in [-0.3, -0.25) is 4.90 Å². The lowest BCUT2D eigenvalue weighted by atomic mass is 9.95. The topological polar surface area (TPSA) is 3.24 Å². The number of rotatable bonds is 1. The second-order valence-corrected chi connectivity index (χ2v) is 6.43. The van der Waals surface area contributed by atoms with Gasteiger partial charge in [-0.2, -0.15) is 0 Å². The molecule has 2 aromatic carbocycles. The molecule has 2 aliphatic rings. The Hall–Kier alpha value is -1.60. The van der Waals surface area contributed by atoms with Crippen LogP contribution in [0.5, 0.6) is 0 Å². The Morgan fingerprint density at radius 1 is 1.00 bits per heavy atom. The normalized spacial score (nSPS) is 24.7. The third-order valence-electron chi connectivity index (χ3n) is 5.11. The van der Waals surface area contributed by atoms with Gasteiger partial charge in [0.2, 0.25) is 0 Å². The molecule has 1 heterocycles. The summed E-state index contributed by atoms with van der Waals surface area (Å²) < 4.78 is 0. The summed E-state index contributed by atoms with van der Waals surface area (Å²) >= 11 is 0. The number of nitrogens with zero attached hydrogens (tertiary/aromatic N) is 1. The van der Waals surface area contributed by atoms with Crippen molar-refractivity contribution in [2.24, 2.45) is 0 Å². The molecule has 2 bridgehead atoms. The quantitative estimate of drug-likeness (QED) is 0.731. The molecule has 1 nitrogen and oxygen atoms in total. The summed E-state index contributed by atoms with van der Waals surface area (Å²) in [6, 6.07) is 16.6. The minimum Gasteiger partial charge on any atom is -0.299 e. The van der Waals surface area contributed by atoms with Crippen molar-refractivity contribution in [3.63, 3.8) is 0 Å². The lowest BCUT2D eigenvalue weighted by Crippen LogP contribution is -2.28. The molecule has 0 saturated carbocycles. The molecular weight excluding hydrogens is 242 g/mol. The first kappa shape index (κ1) is 12.2. The van der Waals surface area contributed by atoms with Crippen molar-refractivity contribution < 1.29 is 0 Å². The number of likely N-dealkylation sites (tertiary alicyclic amines) is 1. The Kier molecular flexibility index (Phi) is 2.71.